The highest BCUT2D eigenvalue weighted by atomic mass is 32.2. The molecule has 1 N–H and O–H groups in total. The van der Waals surface area contributed by atoms with E-state index >= 15 is 0 Å². The molecule has 0 aliphatic rings. The van der Waals surface area contributed by atoms with Crippen LogP contribution in [0, 0.1) is 10.1 Å². The van der Waals surface area contributed by atoms with Gasteiger partial charge in [0.25, 0.3) is 5.69 Å². The van der Waals surface area contributed by atoms with Crippen molar-refractivity contribution in [3.8, 4) is 0 Å². The fourth-order valence-corrected chi connectivity index (χ4v) is 2.79. The summed E-state index contributed by atoms with van der Waals surface area (Å²) >= 11 is 0. The fraction of sp³-hybridized carbons (Fsp3) is 0.235. The van der Waals surface area contributed by atoms with Crippen molar-refractivity contribution in [1.29, 1.82) is 0 Å². The first-order valence-corrected chi connectivity index (χ1v) is 8.98. The average Bonchev–Trinajstić information content (AvgIpc) is 2.61. The summed E-state index contributed by atoms with van der Waals surface area (Å²) in [4.78, 5) is 23.1. The van der Waals surface area contributed by atoms with Crippen LogP contribution in [-0.4, -0.2) is 33.0 Å². The standard InChI is InChI=1S/C17H18N2O4S/c1-2-24(23)11-10-18-15-9-8-14(12-16(15)19(21)22)17(20)13-6-4-3-5-7-13/h3-9,12,18H,2,10-11H2,1H3/t24-/m1/s1. The Bertz CT molecular complexity index is 762. The molecule has 0 saturated heterocycles. The molecule has 0 saturated carbocycles. The van der Waals surface area contributed by atoms with Gasteiger partial charge in [0.1, 0.15) is 5.69 Å². The van der Waals surface area contributed by atoms with E-state index in [0.29, 0.717) is 29.3 Å². The number of rotatable bonds is 8. The van der Waals surface area contributed by atoms with Crippen molar-refractivity contribution >= 4 is 28.0 Å². The van der Waals surface area contributed by atoms with Crippen molar-refractivity contribution in [2.24, 2.45) is 0 Å². The second-order valence-electron chi connectivity index (χ2n) is 5.04. The van der Waals surface area contributed by atoms with Gasteiger partial charge in [-0.15, -0.1) is 0 Å². The summed E-state index contributed by atoms with van der Waals surface area (Å²) in [6.45, 7) is 2.19. The molecule has 0 heterocycles. The minimum absolute atomic E-state index is 0.168. The van der Waals surface area contributed by atoms with E-state index in [2.05, 4.69) is 5.32 Å². The van der Waals surface area contributed by atoms with Crippen LogP contribution < -0.4 is 5.32 Å². The quantitative estimate of drug-likeness (QED) is 0.451. The van der Waals surface area contributed by atoms with Crippen LogP contribution >= 0.6 is 0 Å². The number of carbonyl (C=O) groups is 1. The molecular weight excluding hydrogens is 328 g/mol. The Morgan fingerprint density at radius 2 is 1.88 bits per heavy atom. The highest BCUT2D eigenvalue weighted by Gasteiger charge is 2.18. The number of nitro benzene ring substituents is 1. The molecule has 24 heavy (non-hydrogen) atoms. The Hall–Kier alpha value is -2.54. The average molecular weight is 346 g/mol. The first-order chi connectivity index (χ1) is 11.5. The Labute approximate surface area is 142 Å². The second-order valence-corrected chi connectivity index (χ2v) is 6.91. The van der Waals surface area contributed by atoms with Crippen LogP contribution in [0.5, 0.6) is 0 Å². The zero-order chi connectivity index (χ0) is 17.5. The van der Waals surface area contributed by atoms with Gasteiger partial charge in [-0.25, -0.2) is 0 Å². The van der Waals surface area contributed by atoms with Crippen LogP contribution in [0.2, 0.25) is 0 Å². The molecule has 0 amide bonds. The number of nitrogens with one attached hydrogen (secondary N) is 1. The third-order valence-corrected chi connectivity index (χ3v) is 4.76. The second kappa shape index (κ2) is 8.35. The monoisotopic (exact) mass is 346 g/mol. The van der Waals surface area contributed by atoms with Gasteiger partial charge in [0.2, 0.25) is 0 Å². The first kappa shape index (κ1) is 17.8. The number of hydrogen-bond acceptors (Lipinski definition) is 5. The van der Waals surface area contributed by atoms with Crippen LogP contribution in [0.15, 0.2) is 48.5 Å². The number of carbonyl (C=O) groups excluding carboxylic acids is 1. The van der Waals surface area contributed by atoms with Crippen LogP contribution in [0.25, 0.3) is 0 Å². The van der Waals surface area contributed by atoms with E-state index < -0.39 is 15.7 Å². The molecule has 6 nitrogen and oxygen atoms in total. The van der Waals surface area contributed by atoms with Crippen molar-refractivity contribution < 1.29 is 13.9 Å². The lowest BCUT2D eigenvalue weighted by Crippen LogP contribution is -2.13. The Kier molecular flexibility index (Phi) is 6.20. The zero-order valence-corrected chi connectivity index (χ0v) is 14.0. The first-order valence-electron chi connectivity index (χ1n) is 7.50. The molecule has 0 spiro atoms. The maximum atomic E-state index is 12.4. The molecule has 0 bridgehead atoms. The van der Waals surface area contributed by atoms with Gasteiger partial charge >= 0.3 is 0 Å². The van der Waals surface area contributed by atoms with Gasteiger partial charge in [-0.05, 0) is 12.1 Å². The van der Waals surface area contributed by atoms with E-state index in [9.17, 15) is 19.1 Å². The molecule has 1 atom stereocenters. The van der Waals surface area contributed by atoms with Crippen molar-refractivity contribution in [3.63, 3.8) is 0 Å². The fourth-order valence-electron chi connectivity index (χ4n) is 2.17. The molecule has 0 radical (unpaired) electrons. The lowest BCUT2D eigenvalue weighted by atomic mass is 10.0. The molecule has 7 heteroatoms. The van der Waals surface area contributed by atoms with Crippen molar-refractivity contribution in [2.45, 2.75) is 6.92 Å². The summed E-state index contributed by atoms with van der Waals surface area (Å²) in [6, 6.07) is 13.0. The van der Waals surface area contributed by atoms with Crippen molar-refractivity contribution in [3.05, 3.63) is 69.8 Å². The van der Waals surface area contributed by atoms with Crippen LogP contribution in [0.1, 0.15) is 22.8 Å². The molecular formula is C17H18N2O4S. The smallest absolute Gasteiger partial charge is 0.293 e. The minimum atomic E-state index is -0.941. The van der Waals surface area contributed by atoms with Gasteiger partial charge in [-0.2, -0.15) is 0 Å². The van der Waals surface area contributed by atoms with Gasteiger partial charge in [-0.3, -0.25) is 19.1 Å². The summed E-state index contributed by atoms with van der Waals surface area (Å²) in [5.41, 5.74) is 0.887. The normalized spacial score (nSPS) is 11.7. The zero-order valence-electron chi connectivity index (χ0n) is 13.2. The molecule has 0 aliphatic carbocycles. The molecule has 2 aromatic rings. The lowest BCUT2D eigenvalue weighted by Gasteiger charge is -2.08. The predicted octanol–water partition coefficient (Wildman–Crippen LogP) is 3.01. The molecule has 0 aliphatic heterocycles. The molecule has 0 aromatic heterocycles. The molecule has 2 rings (SSSR count). The van der Waals surface area contributed by atoms with E-state index in [0.717, 1.165) is 0 Å². The molecule has 0 unspecified atom stereocenters. The van der Waals surface area contributed by atoms with E-state index in [4.69, 9.17) is 0 Å². The van der Waals surface area contributed by atoms with Gasteiger partial charge in [0.15, 0.2) is 5.78 Å². The number of nitrogens with zero attached hydrogens (tertiary/aromatic N) is 1. The lowest BCUT2D eigenvalue weighted by molar-refractivity contribution is -0.384. The highest BCUT2D eigenvalue weighted by molar-refractivity contribution is 7.84. The Morgan fingerprint density at radius 1 is 1.17 bits per heavy atom. The number of ketones is 1. The third-order valence-electron chi connectivity index (χ3n) is 3.46. The summed E-state index contributed by atoms with van der Waals surface area (Å²) in [5.74, 6) is 0.699. The number of anilines is 1. The summed E-state index contributed by atoms with van der Waals surface area (Å²) in [7, 11) is -0.941. The van der Waals surface area contributed by atoms with Crippen molar-refractivity contribution in [2.75, 3.05) is 23.4 Å². The Balaban J connectivity index is 2.22. The summed E-state index contributed by atoms with van der Waals surface area (Å²) < 4.78 is 11.4. The molecule has 0 fully saturated rings. The third kappa shape index (κ3) is 4.48. The SMILES string of the molecule is CC[S@@](=O)CCNc1ccc(C(=O)c2ccccc2)cc1[N+](=O)[O-]. The number of hydrogen-bond donors (Lipinski definition) is 1. The van der Waals surface area contributed by atoms with Crippen LogP contribution in [0.3, 0.4) is 0 Å². The van der Waals surface area contributed by atoms with Crippen LogP contribution in [-0.2, 0) is 10.8 Å². The van der Waals surface area contributed by atoms with E-state index in [1.165, 1.54) is 12.1 Å². The maximum absolute atomic E-state index is 12.4. The van der Waals surface area contributed by atoms with E-state index in [1.807, 2.05) is 6.92 Å². The van der Waals surface area contributed by atoms with Crippen molar-refractivity contribution in [1.82, 2.24) is 0 Å². The maximum Gasteiger partial charge on any atom is 0.293 e. The topological polar surface area (TPSA) is 89.3 Å². The highest BCUT2D eigenvalue weighted by Crippen LogP contribution is 2.26. The molecule has 126 valence electrons. The van der Waals surface area contributed by atoms with Gasteiger partial charge in [0, 0.05) is 46.0 Å². The van der Waals surface area contributed by atoms with Gasteiger partial charge in [-0.1, -0.05) is 37.3 Å². The van der Waals surface area contributed by atoms with Gasteiger partial charge in [0.05, 0.1) is 4.92 Å². The molecule has 2 aromatic carbocycles. The predicted molar refractivity (Wildman–Crippen MR) is 95.0 cm³/mol. The summed E-state index contributed by atoms with van der Waals surface area (Å²) in [5, 5.41) is 14.2. The number of nitro groups is 1. The number of benzene rings is 2. The Morgan fingerprint density at radius 3 is 2.50 bits per heavy atom. The van der Waals surface area contributed by atoms with E-state index in [1.54, 1.807) is 36.4 Å². The minimum Gasteiger partial charge on any atom is -0.379 e. The largest absolute Gasteiger partial charge is 0.379 e. The summed E-state index contributed by atoms with van der Waals surface area (Å²) in [6.07, 6.45) is 0. The van der Waals surface area contributed by atoms with Gasteiger partial charge < -0.3 is 5.32 Å². The van der Waals surface area contributed by atoms with Crippen LogP contribution in [0.4, 0.5) is 11.4 Å². The van der Waals surface area contributed by atoms with E-state index in [-0.39, 0.29) is 17.0 Å².